The van der Waals surface area contributed by atoms with Crippen LogP contribution < -0.4 is 36.9 Å². The Bertz CT molecular complexity index is 2590. The number of para-hydroxylation sites is 6. The first-order chi connectivity index (χ1) is 26.8. The zero-order valence-corrected chi connectivity index (χ0v) is 32.3. The summed E-state index contributed by atoms with van der Waals surface area (Å²) in [5.41, 5.74) is 6.51. The number of benzene rings is 7. The standard InChI is InChI=1S/C48H34GeN2O2S/c1-3-15-33(16-4-1)49(34-17-5-2-6-18-34)37-29-27-35(50-39-19-7-11-23-43(39)52-44-24-12-8-20-40(44)50)31-47(37)54-48-32-36(28-30-38(48)49)51-41-21-9-13-25-45(41)53-46-26-14-10-22-42(46)51/h1-13,15-25,27-32H,14,26H2. The first-order valence-corrected chi connectivity index (χ1v) is 23.5. The summed E-state index contributed by atoms with van der Waals surface area (Å²) in [6, 6.07) is 62.1. The van der Waals surface area contributed by atoms with Gasteiger partial charge in [0.2, 0.25) is 0 Å². The zero-order chi connectivity index (χ0) is 35.6. The first kappa shape index (κ1) is 31.6. The van der Waals surface area contributed by atoms with Gasteiger partial charge in [-0.1, -0.05) is 0 Å². The van der Waals surface area contributed by atoms with Crippen LogP contribution in [-0.4, -0.2) is 13.3 Å². The number of hydrogen-bond donors (Lipinski definition) is 0. The van der Waals surface area contributed by atoms with Crippen LogP contribution in [0.25, 0.3) is 0 Å². The van der Waals surface area contributed by atoms with E-state index >= 15 is 0 Å². The molecule has 4 aliphatic rings. The average Bonchev–Trinajstić information content (AvgIpc) is 3.24. The van der Waals surface area contributed by atoms with Gasteiger partial charge < -0.3 is 0 Å². The van der Waals surface area contributed by atoms with Gasteiger partial charge in [-0.2, -0.15) is 0 Å². The van der Waals surface area contributed by atoms with Crippen LogP contribution in [0.4, 0.5) is 28.4 Å². The molecule has 0 aromatic heterocycles. The van der Waals surface area contributed by atoms with Crippen molar-refractivity contribution in [2.75, 3.05) is 9.80 Å². The van der Waals surface area contributed by atoms with Crippen LogP contribution in [0.3, 0.4) is 0 Å². The number of hydrogen-bond acceptors (Lipinski definition) is 5. The summed E-state index contributed by atoms with van der Waals surface area (Å²) >= 11 is -1.69. The van der Waals surface area contributed by atoms with Crippen molar-refractivity contribution in [2.24, 2.45) is 0 Å². The normalized spacial score (nSPS) is 15.8. The van der Waals surface area contributed by atoms with Gasteiger partial charge in [-0.3, -0.25) is 0 Å². The van der Waals surface area contributed by atoms with E-state index in [4.69, 9.17) is 9.47 Å². The maximum absolute atomic E-state index is 6.49. The Morgan fingerprint density at radius 1 is 0.481 bits per heavy atom. The van der Waals surface area contributed by atoms with Crippen LogP contribution in [0.1, 0.15) is 12.8 Å². The molecule has 0 saturated carbocycles. The third-order valence-electron chi connectivity index (χ3n) is 11.0. The van der Waals surface area contributed by atoms with Crippen molar-refractivity contribution in [2.45, 2.75) is 22.6 Å². The molecule has 0 spiro atoms. The molecular weight excluding hydrogens is 741 g/mol. The average molecular weight is 775 g/mol. The van der Waals surface area contributed by atoms with E-state index in [0.717, 1.165) is 70.0 Å². The van der Waals surface area contributed by atoms with Crippen molar-refractivity contribution in [1.82, 2.24) is 0 Å². The van der Waals surface area contributed by atoms with Gasteiger partial charge >= 0.3 is 324 Å². The van der Waals surface area contributed by atoms with E-state index in [0.29, 0.717) is 0 Å². The molecule has 0 atom stereocenters. The summed E-state index contributed by atoms with van der Waals surface area (Å²) in [5.74, 6) is 3.64. The molecule has 258 valence electrons. The minimum absolute atomic E-state index is 0.855. The van der Waals surface area contributed by atoms with Gasteiger partial charge in [-0.25, -0.2) is 0 Å². The van der Waals surface area contributed by atoms with Crippen LogP contribution >= 0.6 is 11.8 Å². The summed E-state index contributed by atoms with van der Waals surface area (Å²) in [6.07, 6.45) is 6.37. The molecule has 54 heavy (non-hydrogen) atoms. The van der Waals surface area contributed by atoms with Crippen LogP contribution in [0.5, 0.6) is 17.2 Å². The molecule has 0 fully saturated rings. The number of fused-ring (bicyclic) bond motifs is 5. The van der Waals surface area contributed by atoms with Gasteiger partial charge in [0, 0.05) is 0 Å². The number of nitrogens with zero attached hydrogens (tertiary/aromatic N) is 2. The van der Waals surface area contributed by atoms with Crippen molar-refractivity contribution in [3.05, 3.63) is 193 Å². The van der Waals surface area contributed by atoms with E-state index in [1.807, 2.05) is 23.9 Å². The van der Waals surface area contributed by atoms with Crippen molar-refractivity contribution in [1.29, 1.82) is 0 Å². The quantitative estimate of drug-likeness (QED) is 0.166. The van der Waals surface area contributed by atoms with Gasteiger partial charge in [0.15, 0.2) is 0 Å². The molecule has 0 radical (unpaired) electrons. The molecule has 0 bridgehead atoms. The Balaban J connectivity index is 1.16. The first-order valence-electron chi connectivity index (χ1n) is 18.5. The summed E-state index contributed by atoms with van der Waals surface area (Å²) in [4.78, 5) is 7.36. The number of anilines is 5. The zero-order valence-electron chi connectivity index (χ0n) is 29.4. The van der Waals surface area contributed by atoms with Crippen molar-refractivity contribution < 1.29 is 9.47 Å². The van der Waals surface area contributed by atoms with Crippen molar-refractivity contribution in [3.8, 4) is 17.2 Å². The van der Waals surface area contributed by atoms with Gasteiger partial charge in [0.05, 0.1) is 0 Å². The Kier molecular flexibility index (Phi) is 7.39. The number of rotatable bonds is 4. The maximum atomic E-state index is 6.49. The molecule has 0 unspecified atom stereocenters. The number of ether oxygens (including phenoxy) is 2. The molecule has 1 aliphatic carbocycles. The third-order valence-corrected chi connectivity index (χ3v) is 23.1. The third kappa shape index (κ3) is 4.78. The SMILES string of the molecule is C1=CC2=C(CC1)Oc1ccccc1N2c1cc[c]2c(c1)Sc1cc(N3c4ccccc4Oc4ccccc43)cc[c]1[Ge]2([c]1ccccc1)[c]1ccccc1. The molecule has 3 heterocycles. The summed E-state index contributed by atoms with van der Waals surface area (Å²) in [6.45, 7) is 0. The monoisotopic (exact) mass is 776 g/mol. The van der Waals surface area contributed by atoms with E-state index in [1.54, 1.807) is 0 Å². The molecule has 11 rings (SSSR count). The van der Waals surface area contributed by atoms with Crippen LogP contribution in [-0.2, 0) is 0 Å². The second-order valence-corrected chi connectivity index (χ2v) is 22.9. The van der Waals surface area contributed by atoms with Gasteiger partial charge in [-0.05, 0) is 0 Å². The molecule has 3 aliphatic heterocycles. The van der Waals surface area contributed by atoms with Crippen molar-refractivity contribution >= 4 is 71.0 Å². The Morgan fingerprint density at radius 2 is 0.963 bits per heavy atom. The molecule has 7 aromatic rings. The second-order valence-electron chi connectivity index (χ2n) is 14.0. The van der Waals surface area contributed by atoms with E-state index in [-0.39, 0.29) is 0 Å². The van der Waals surface area contributed by atoms with Gasteiger partial charge in [0.25, 0.3) is 0 Å². The van der Waals surface area contributed by atoms with Gasteiger partial charge in [0.1, 0.15) is 0 Å². The molecule has 6 heteroatoms. The van der Waals surface area contributed by atoms with E-state index < -0.39 is 13.3 Å². The van der Waals surface area contributed by atoms with E-state index in [9.17, 15) is 0 Å². The topological polar surface area (TPSA) is 24.9 Å². The van der Waals surface area contributed by atoms with Crippen LogP contribution in [0.2, 0.25) is 0 Å². The molecule has 0 amide bonds. The Morgan fingerprint density at radius 3 is 1.54 bits per heavy atom. The Labute approximate surface area is 322 Å². The molecule has 4 nitrogen and oxygen atoms in total. The van der Waals surface area contributed by atoms with Crippen LogP contribution in [0, 0.1) is 0 Å². The fraction of sp³-hybridized carbons (Fsp3) is 0.0417. The summed E-state index contributed by atoms with van der Waals surface area (Å²) in [5, 5.41) is 0. The van der Waals surface area contributed by atoms with E-state index in [2.05, 4.69) is 180 Å². The second kappa shape index (κ2) is 12.6. The molecule has 0 N–H and O–H groups in total. The molecular formula is C48H34GeN2O2S. The van der Waals surface area contributed by atoms with Crippen molar-refractivity contribution in [3.63, 3.8) is 0 Å². The fourth-order valence-electron chi connectivity index (χ4n) is 8.70. The number of allylic oxidation sites excluding steroid dienone is 3. The van der Waals surface area contributed by atoms with E-state index in [1.165, 1.54) is 27.4 Å². The summed E-state index contributed by atoms with van der Waals surface area (Å²) in [7, 11) is 0. The molecule has 7 aromatic carbocycles. The Hall–Kier alpha value is -5.89. The molecule has 0 saturated heterocycles. The predicted molar refractivity (Wildman–Crippen MR) is 224 cm³/mol. The fourth-order valence-corrected chi connectivity index (χ4v) is 22.0. The van der Waals surface area contributed by atoms with Gasteiger partial charge in [-0.15, -0.1) is 0 Å². The minimum atomic E-state index is -3.59. The predicted octanol–water partition coefficient (Wildman–Crippen LogP) is 10.2. The summed E-state index contributed by atoms with van der Waals surface area (Å²) < 4.78 is 18.7. The van der Waals surface area contributed by atoms with Crippen LogP contribution in [0.15, 0.2) is 203 Å².